The van der Waals surface area contributed by atoms with Crippen molar-refractivity contribution in [1.29, 1.82) is 0 Å². The molecule has 5 heteroatoms. The van der Waals surface area contributed by atoms with E-state index in [1.807, 2.05) is 38.1 Å². The van der Waals surface area contributed by atoms with Gasteiger partial charge in [0.25, 0.3) is 5.91 Å². The zero-order valence-corrected chi connectivity index (χ0v) is 12.8. The molecule has 1 aliphatic rings. The monoisotopic (exact) mass is 290 g/mol. The van der Waals surface area contributed by atoms with Gasteiger partial charge in [-0.3, -0.25) is 9.59 Å². The molecule has 0 saturated carbocycles. The second-order valence-corrected chi connectivity index (χ2v) is 5.65. The summed E-state index contributed by atoms with van der Waals surface area (Å²) in [5, 5.41) is 3.26. The Balaban J connectivity index is 2.06. The highest BCUT2D eigenvalue weighted by atomic mass is 16.5. The van der Waals surface area contributed by atoms with E-state index in [1.165, 1.54) is 0 Å². The molecule has 1 aromatic carbocycles. The van der Waals surface area contributed by atoms with Gasteiger partial charge < -0.3 is 15.0 Å². The maximum atomic E-state index is 12.5. The molecule has 0 spiro atoms. The van der Waals surface area contributed by atoms with E-state index in [9.17, 15) is 9.59 Å². The Morgan fingerprint density at radius 1 is 1.33 bits per heavy atom. The van der Waals surface area contributed by atoms with E-state index in [1.54, 1.807) is 11.8 Å². The largest absolute Gasteiger partial charge is 0.466 e. The first kappa shape index (κ1) is 15.4. The first-order valence-electron chi connectivity index (χ1n) is 7.30. The van der Waals surface area contributed by atoms with Crippen molar-refractivity contribution >= 4 is 23.3 Å². The predicted molar refractivity (Wildman–Crippen MR) is 82.4 cm³/mol. The number of para-hydroxylation sites is 2. The number of esters is 1. The van der Waals surface area contributed by atoms with Gasteiger partial charge in [0.15, 0.2) is 0 Å². The Morgan fingerprint density at radius 2 is 2.05 bits per heavy atom. The van der Waals surface area contributed by atoms with Crippen LogP contribution >= 0.6 is 0 Å². The number of hydrogen-bond donors (Lipinski definition) is 1. The van der Waals surface area contributed by atoms with E-state index in [-0.39, 0.29) is 11.9 Å². The molecule has 5 nitrogen and oxygen atoms in total. The molecular formula is C16H22N2O3. The van der Waals surface area contributed by atoms with Crippen LogP contribution in [-0.4, -0.2) is 30.6 Å². The van der Waals surface area contributed by atoms with Crippen LogP contribution in [0.3, 0.4) is 0 Å². The van der Waals surface area contributed by atoms with Gasteiger partial charge in [-0.25, -0.2) is 0 Å². The van der Waals surface area contributed by atoms with Crippen molar-refractivity contribution in [3.05, 3.63) is 24.3 Å². The fraction of sp³-hybridized carbons (Fsp3) is 0.500. The summed E-state index contributed by atoms with van der Waals surface area (Å²) >= 11 is 0. The van der Waals surface area contributed by atoms with E-state index in [0.29, 0.717) is 26.0 Å². The minimum absolute atomic E-state index is 0.0306. The molecule has 0 aromatic heterocycles. The number of rotatable bonds is 5. The molecule has 1 N–H and O–H groups in total. The van der Waals surface area contributed by atoms with Crippen LogP contribution in [0, 0.1) is 0 Å². The summed E-state index contributed by atoms with van der Waals surface area (Å²) in [6.07, 6.45) is 1.00. The summed E-state index contributed by atoms with van der Waals surface area (Å²) in [5.41, 5.74) is 1.20. The number of fused-ring (bicyclic) bond motifs is 1. The van der Waals surface area contributed by atoms with Crippen LogP contribution in [0.25, 0.3) is 0 Å². The Morgan fingerprint density at radius 3 is 2.76 bits per heavy atom. The highest BCUT2D eigenvalue weighted by molar-refractivity contribution is 6.07. The zero-order valence-electron chi connectivity index (χ0n) is 12.8. The Hall–Kier alpha value is -2.04. The van der Waals surface area contributed by atoms with Crippen LogP contribution in [0.4, 0.5) is 11.4 Å². The van der Waals surface area contributed by atoms with E-state index >= 15 is 0 Å². The number of benzene rings is 1. The van der Waals surface area contributed by atoms with Crippen molar-refractivity contribution in [2.45, 2.75) is 39.2 Å². The van der Waals surface area contributed by atoms with Crippen molar-refractivity contribution in [1.82, 2.24) is 0 Å². The Kier molecular flexibility index (Phi) is 4.50. The quantitative estimate of drug-likeness (QED) is 0.669. The van der Waals surface area contributed by atoms with Crippen molar-refractivity contribution < 1.29 is 14.3 Å². The zero-order chi connectivity index (χ0) is 15.5. The van der Waals surface area contributed by atoms with E-state index in [4.69, 9.17) is 4.74 Å². The summed E-state index contributed by atoms with van der Waals surface area (Å²) in [6.45, 7) is 6.39. The number of carbonyl (C=O) groups excluding carboxylic acids is 2. The molecular weight excluding hydrogens is 268 g/mol. The average molecular weight is 290 g/mol. The third-order valence-electron chi connectivity index (χ3n) is 3.50. The Bertz CT molecular complexity index is 540. The standard InChI is InChI=1S/C16H22N2O3/c1-4-14(19)21-11-7-10-18-13-9-6-5-8-12(13)17-16(2,3)15(18)20/h5-6,8-9,17H,4,7,10-11H2,1-3H3. The molecule has 0 unspecified atom stereocenters. The smallest absolute Gasteiger partial charge is 0.305 e. The SMILES string of the molecule is CCC(=O)OCCCN1C(=O)C(C)(C)Nc2ccccc21. The van der Waals surface area contributed by atoms with Crippen LogP contribution in [0.5, 0.6) is 0 Å². The summed E-state index contributed by atoms with van der Waals surface area (Å²) in [5.74, 6) is -0.176. The number of amides is 1. The van der Waals surface area contributed by atoms with Gasteiger partial charge in [0.1, 0.15) is 5.54 Å². The van der Waals surface area contributed by atoms with E-state index in [2.05, 4.69) is 5.32 Å². The van der Waals surface area contributed by atoms with Gasteiger partial charge in [-0.2, -0.15) is 0 Å². The highest BCUT2D eigenvalue weighted by Gasteiger charge is 2.37. The van der Waals surface area contributed by atoms with Crippen molar-refractivity contribution in [2.24, 2.45) is 0 Å². The molecule has 1 amide bonds. The predicted octanol–water partition coefficient (Wildman–Crippen LogP) is 2.57. The average Bonchev–Trinajstić information content (AvgIpc) is 2.46. The number of nitrogens with one attached hydrogen (secondary N) is 1. The first-order valence-corrected chi connectivity index (χ1v) is 7.30. The third kappa shape index (κ3) is 3.35. The van der Waals surface area contributed by atoms with Gasteiger partial charge in [0, 0.05) is 13.0 Å². The molecule has 0 aliphatic carbocycles. The molecule has 0 fully saturated rings. The molecule has 2 rings (SSSR count). The van der Waals surface area contributed by atoms with Gasteiger partial charge in [-0.1, -0.05) is 19.1 Å². The maximum absolute atomic E-state index is 12.5. The van der Waals surface area contributed by atoms with Gasteiger partial charge in [-0.05, 0) is 32.4 Å². The van der Waals surface area contributed by atoms with Crippen molar-refractivity contribution in [3.63, 3.8) is 0 Å². The van der Waals surface area contributed by atoms with Gasteiger partial charge in [0.05, 0.1) is 18.0 Å². The molecule has 1 aliphatic heterocycles. The molecule has 114 valence electrons. The number of carbonyl (C=O) groups is 2. The van der Waals surface area contributed by atoms with Crippen LogP contribution in [0.15, 0.2) is 24.3 Å². The molecule has 21 heavy (non-hydrogen) atoms. The number of ether oxygens (including phenoxy) is 1. The second kappa shape index (κ2) is 6.16. The summed E-state index contributed by atoms with van der Waals surface area (Å²) in [7, 11) is 0. The molecule has 0 atom stereocenters. The molecule has 1 heterocycles. The molecule has 0 bridgehead atoms. The third-order valence-corrected chi connectivity index (χ3v) is 3.50. The van der Waals surface area contributed by atoms with Crippen LogP contribution in [-0.2, 0) is 14.3 Å². The van der Waals surface area contributed by atoms with Crippen LogP contribution in [0.2, 0.25) is 0 Å². The summed E-state index contributed by atoms with van der Waals surface area (Å²) in [6, 6.07) is 7.75. The number of nitrogens with zero attached hydrogens (tertiary/aromatic N) is 1. The van der Waals surface area contributed by atoms with E-state index in [0.717, 1.165) is 11.4 Å². The number of hydrogen-bond acceptors (Lipinski definition) is 4. The first-order chi connectivity index (χ1) is 9.95. The molecule has 0 saturated heterocycles. The molecule has 1 aromatic rings. The lowest BCUT2D eigenvalue weighted by Gasteiger charge is -2.39. The van der Waals surface area contributed by atoms with Gasteiger partial charge >= 0.3 is 5.97 Å². The fourth-order valence-corrected chi connectivity index (χ4v) is 2.38. The maximum Gasteiger partial charge on any atom is 0.305 e. The lowest BCUT2D eigenvalue weighted by molar-refractivity contribution is -0.143. The topological polar surface area (TPSA) is 58.6 Å². The van der Waals surface area contributed by atoms with E-state index < -0.39 is 5.54 Å². The lowest BCUT2D eigenvalue weighted by Crippen LogP contribution is -2.54. The summed E-state index contributed by atoms with van der Waals surface area (Å²) < 4.78 is 5.06. The van der Waals surface area contributed by atoms with Gasteiger partial charge in [-0.15, -0.1) is 0 Å². The van der Waals surface area contributed by atoms with Crippen molar-refractivity contribution in [3.8, 4) is 0 Å². The van der Waals surface area contributed by atoms with Crippen LogP contribution < -0.4 is 10.2 Å². The van der Waals surface area contributed by atoms with Crippen LogP contribution in [0.1, 0.15) is 33.6 Å². The fourth-order valence-electron chi connectivity index (χ4n) is 2.38. The van der Waals surface area contributed by atoms with Crippen molar-refractivity contribution in [2.75, 3.05) is 23.4 Å². The number of anilines is 2. The second-order valence-electron chi connectivity index (χ2n) is 5.65. The lowest BCUT2D eigenvalue weighted by atomic mass is 9.98. The summed E-state index contributed by atoms with van der Waals surface area (Å²) in [4.78, 5) is 25.4. The normalized spacial score (nSPS) is 16.1. The highest BCUT2D eigenvalue weighted by Crippen LogP contribution is 2.34. The minimum atomic E-state index is -0.631. The van der Waals surface area contributed by atoms with Gasteiger partial charge in [0.2, 0.25) is 0 Å². The molecule has 0 radical (unpaired) electrons. The minimum Gasteiger partial charge on any atom is -0.466 e. The Labute approximate surface area is 125 Å².